The fourth-order valence-electron chi connectivity index (χ4n) is 1.42. The zero-order chi connectivity index (χ0) is 9.68. The molecule has 0 saturated heterocycles. The van der Waals surface area contributed by atoms with Gasteiger partial charge in [-0.1, -0.05) is 13.8 Å². The Labute approximate surface area is 84.4 Å². The molecular formula is C11H18OS. The predicted molar refractivity (Wildman–Crippen MR) is 58.1 cm³/mol. The second-order valence-corrected chi connectivity index (χ2v) is 4.40. The van der Waals surface area contributed by atoms with Gasteiger partial charge in [-0.2, -0.15) is 11.3 Å². The van der Waals surface area contributed by atoms with Crippen molar-refractivity contribution in [2.24, 2.45) is 5.92 Å². The highest BCUT2D eigenvalue weighted by Gasteiger charge is 2.11. The van der Waals surface area contributed by atoms with Gasteiger partial charge in [-0.05, 0) is 47.6 Å². The highest BCUT2D eigenvalue weighted by Crippen LogP contribution is 2.16. The van der Waals surface area contributed by atoms with Crippen LogP contribution < -0.4 is 0 Å². The Morgan fingerprint density at radius 3 is 2.85 bits per heavy atom. The SMILES string of the molecule is CCC(O)C(C)CCc1ccsc1. The van der Waals surface area contributed by atoms with Gasteiger partial charge in [-0.15, -0.1) is 0 Å². The monoisotopic (exact) mass is 198 g/mol. The summed E-state index contributed by atoms with van der Waals surface area (Å²) < 4.78 is 0. The maximum absolute atomic E-state index is 9.56. The Balaban J connectivity index is 2.26. The Kier molecular flexibility index (Phi) is 4.46. The van der Waals surface area contributed by atoms with Crippen molar-refractivity contribution in [1.82, 2.24) is 0 Å². The minimum Gasteiger partial charge on any atom is -0.393 e. The summed E-state index contributed by atoms with van der Waals surface area (Å²) in [5.41, 5.74) is 1.40. The molecule has 0 aliphatic carbocycles. The Bertz CT molecular complexity index is 218. The van der Waals surface area contributed by atoms with Crippen LogP contribution in [0.2, 0.25) is 0 Å². The van der Waals surface area contributed by atoms with Gasteiger partial charge < -0.3 is 5.11 Å². The van der Waals surface area contributed by atoms with Crippen molar-refractivity contribution in [2.75, 3.05) is 0 Å². The molecule has 2 atom stereocenters. The maximum Gasteiger partial charge on any atom is 0.0563 e. The molecule has 0 aliphatic heterocycles. The second kappa shape index (κ2) is 5.40. The molecule has 0 amide bonds. The van der Waals surface area contributed by atoms with Crippen molar-refractivity contribution < 1.29 is 5.11 Å². The number of hydrogen-bond acceptors (Lipinski definition) is 2. The molecule has 1 N–H and O–H groups in total. The van der Waals surface area contributed by atoms with Crippen molar-refractivity contribution in [3.05, 3.63) is 22.4 Å². The maximum atomic E-state index is 9.56. The van der Waals surface area contributed by atoms with Crippen molar-refractivity contribution in [3.8, 4) is 0 Å². The number of hydrogen-bond donors (Lipinski definition) is 1. The van der Waals surface area contributed by atoms with E-state index in [1.54, 1.807) is 11.3 Å². The number of aliphatic hydroxyl groups excluding tert-OH is 1. The topological polar surface area (TPSA) is 20.2 Å². The molecule has 2 unspecified atom stereocenters. The molecule has 1 heterocycles. The lowest BCUT2D eigenvalue weighted by molar-refractivity contribution is 0.108. The molecule has 1 aromatic heterocycles. The Morgan fingerprint density at radius 1 is 1.54 bits per heavy atom. The second-order valence-electron chi connectivity index (χ2n) is 3.62. The summed E-state index contributed by atoms with van der Waals surface area (Å²) in [6.45, 7) is 4.16. The van der Waals surface area contributed by atoms with Crippen LogP contribution in [-0.4, -0.2) is 11.2 Å². The van der Waals surface area contributed by atoms with Crippen LogP contribution in [0.4, 0.5) is 0 Å². The summed E-state index contributed by atoms with van der Waals surface area (Å²) in [4.78, 5) is 0. The van der Waals surface area contributed by atoms with Crippen LogP contribution in [0.15, 0.2) is 16.8 Å². The number of rotatable bonds is 5. The van der Waals surface area contributed by atoms with Crippen LogP contribution >= 0.6 is 11.3 Å². The Hall–Kier alpha value is -0.340. The van der Waals surface area contributed by atoms with E-state index in [0.29, 0.717) is 5.92 Å². The van der Waals surface area contributed by atoms with E-state index >= 15 is 0 Å². The van der Waals surface area contributed by atoms with Gasteiger partial charge in [0.25, 0.3) is 0 Å². The molecular weight excluding hydrogens is 180 g/mol. The van der Waals surface area contributed by atoms with Gasteiger partial charge in [0, 0.05) is 0 Å². The van der Waals surface area contributed by atoms with Gasteiger partial charge in [-0.3, -0.25) is 0 Å². The van der Waals surface area contributed by atoms with Gasteiger partial charge in [0.1, 0.15) is 0 Å². The van der Waals surface area contributed by atoms with E-state index in [9.17, 15) is 5.11 Å². The first-order valence-corrected chi connectivity index (χ1v) is 5.87. The summed E-state index contributed by atoms with van der Waals surface area (Å²) in [5.74, 6) is 0.421. The van der Waals surface area contributed by atoms with E-state index in [2.05, 4.69) is 23.8 Å². The minimum absolute atomic E-state index is 0.126. The van der Waals surface area contributed by atoms with E-state index in [-0.39, 0.29) is 6.10 Å². The van der Waals surface area contributed by atoms with Crippen LogP contribution in [-0.2, 0) is 6.42 Å². The fourth-order valence-corrected chi connectivity index (χ4v) is 2.13. The van der Waals surface area contributed by atoms with Crippen LogP contribution in [0.25, 0.3) is 0 Å². The predicted octanol–water partition coefficient (Wildman–Crippen LogP) is 3.09. The summed E-state index contributed by atoms with van der Waals surface area (Å²) >= 11 is 1.74. The third kappa shape index (κ3) is 3.49. The largest absolute Gasteiger partial charge is 0.393 e. The van der Waals surface area contributed by atoms with Crippen molar-refractivity contribution in [3.63, 3.8) is 0 Å². The molecule has 13 heavy (non-hydrogen) atoms. The first-order chi connectivity index (χ1) is 6.24. The summed E-state index contributed by atoms with van der Waals surface area (Å²) in [5, 5.41) is 13.9. The van der Waals surface area contributed by atoms with Crippen molar-refractivity contribution in [1.29, 1.82) is 0 Å². The van der Waals surface area contributed by atoms with Crippen LogP contribution in [0.1, 0.15) is 32.3 Å². The Morgan fingerprint density at radius 2 is 2.31 bits per heavy atom. The van der Waals surface area contributed by atoms with Gasteiger partial charge in [0.05, 0.1) is 6.10 Å². The molecule has 0 radical (unpaired) electrons. The summed E-state index contributed by atoms with van der Waals surface area (Å²) in [6, 6.07) is 2.16. The minimum atomic E-state index is -0.126. The molecule has 2 heteroatoms. The quantitative estimate of drug-likeness (QED) is 0.771. The number of thiophene rings is 1. The normalized spacial score (nSPS) is 15.6. The molecule has 1 nitrogen and oxygen atoms in total. The molecule has 1 rings (SSSR count). The van der Waals surface area contributed by atoms with Gasteiger partial charge in [0.2, 0.25) is 0 Å². The molecule has 0 saturated carbocycles. The van der Waals surface area contributed by atoms with Gasteiger partial charge >= 0.3 is 0 Å². The average molecular weight is 198 g/mol. The number of aryl methyl sites for hydroxylation is 1. The lowest BCUT2D eigenvalue weighted by Crippen LogP contribution is -2.16. The molecule has 0 aromatic carbocycles. The molecule has 1 aromatic rings. The smallest absolute Gasteiger partial charge is 0.0563 e. The lowest BCUT2D eigenvalue weighted by Gasteiger charge is -2.16. The molecule has 0 bridgehead atoms. The zero-order valence-corrected chi connectivity index (χ0v) is 9.18. The molecule has 0 fully saturated rings. The average Bonchev–Trinajstić information content (AvgIpc) is 2.65. The van der Waals surface area contributed by atoms with Gasteiger partial charge in [0.15, 0.2) is 0 Å². The van der Waals surface area contributed by atoms with Crippen molar-refractivity contribution >= 4 is 11.3 Å². The standard InChI is InChI=1S/C11H18OS/c1-3-11(12)9(2)4-5-10-6-7-13-8-10/h6-9,11-12H,3-5H2,1-2H3. The van der Waals surface area contributed by atoms with E-state index in [0.717, 1.165) is 19.3 Å². The van der Waals surface area contributed by atoms with E-state index in [1.807, 2.05) is 6.92 Å². The van der Waals surface area contributed by atoms with Crippen molar-refractivity contribution in [2.45, 2.75) is 39.2 Å². The van der Waals surface area contributed by atoms with Gasteiger partial charge in [-0.25, -0.2) is 0 Å². The third-order valence-electron chi connectivity index (χ3n) is 2.54. The third-order valence-corrected chi connectivity index (χ3v) is 3.28. The van der Waals surface area contributed by atoms with Crippen LogP contribution in [0.5, 0.6) is 0 Å². The first-order valence-electron chi connectivity index (χ1n) is 4.93. The van der Waals surface area contributed by atoms with Crippen LogP contribution in [0, 0.1) is 5.92 Å². The molecule has 0 aliphatic rings. The highest BCUT2D eigenvalue weighted by atomic mass is 32.1. The van der Waals surface area contributed by atoms with E-state index < -0.39 is 0 Å². The zero-order valence-electron chi connectivity index (χ0n) is 8.36. The van der Waals surface area contributed by atoms with E-state index in [4.69, 9.17) is 0 Å². The molecule has 0 spiro atoms. The van der Waals surface area contributed by atoms with Crippen LogP contribution in [0.3, 0.4) is 0 Å². The summed E-state index contributed by atoms with van der Waals surface area (Å²) in [7, 11) is 0. The number of aliphatic hydroxyl groups is 1. The first kappa shape index (κ1) is 10.7. The van der Waals surface area contributed by atoms with E-state index in [1.165, 1.54) is 5.56 Å². The fraction of sp³-hybridized carbons (Fsp3) is 0.636. The summed E-state index contributed by atoms with van der Waals surface area (Å²) in [6.07, 6.45) is 2.93. The lowest BCUT2D eigenvalue weighted by atomic mass is 9.96. The highest BCUT2D eigenvalue weighted by molar-refractivity contribution is 7.07. The molecule has 74 valence electrons.